The third kappa shape index (κ3) is 2.39. The predicted octanol–water partition coefficient (Wildman–Crippen LogP) is 2.79. The number of carbonyl (C=O) groups excluding carboxylic acids is 1. The van der Waals surface area contributed by atoms with Gasteiger partial charge < -0.3 is 15.0 Å². The highest BCUT2D eigenvalue weighted by Gasteiger charge is 2.25. The fourth-order valence-corrected chi connectivity index (χ4v) is 3.30. The first kappa shape index (κ1) is 14.0. The lowest BCUT2D eigenvalue weighted by Gasteiger charge is -2.07. The van der Waals surface area contributed by atoms with E-state index in [1.807, 2.05) is 0 Å². The van der Waals surface area contributed by atoms with E-state index in [4.69, 9.17) is 4.74 Å². The summed E-state index contributed by atoms with van der Waals surface area (Å²) in [6, 6.07) is 2.13. The summed E-state index contributed by atoms with van der Waals surface area (Å²) in [6.45, 7) is 8.55. The smallest absolute Gasteiger partial charge is 0.216 e. The zero-order valence-electron chi connectivity index (χ0n) is 13.1. The van der Waals surface area contributed by atoms with Gasteiger partial charge in [0, 0.05) is 42.0 Å². The fraction of sp³-hybridized carbons (Fsp3) is 0.471. The number of benzene rings is 1. The number of H-pyrrole nitrogens is 1. The Morgan fingerprint density at radius 3 is 2.95 bits per heavy atom. The molecule has 0 spiro atoms. The van der Waals surface area contributed by atoms with Crippen molar-refractivity contribution in [3.05, 3.63) is 28.5 Å². The molecule has 3 rings (SSSR count). The van der Waals surface area contributed by atoms with E-state index in [1.54, 1.807) is 6.92 Å². The van der Waals surface area contributed by atoms with Gasteiger partial charge >= 0.3 is 0 Å². The molecule has 4 heteroatoms. The van der Waals surface area contributed by atoms with E-state index in [-0.39, 0.29) is 12.0 Å². The maximum Gasteiger partial charge on any atom is 0.216 e. The van der Waals surface area contributed by atoms with E-state index in [1.165, 1.54) is 33.3 Å². The second kappa shape index (κ2) is 5.10. The first-order valence-electron chi connectivity index (χ1n) is 7.52. The van der Waals surface area contributed by atoms with E-state index in [0.29, 0.717) is 6.54 Å². The summed E-state index contributed by atoms with van der Waals surface area (Å²) in [5.74, 6) is 1.04. The SMILES string of the molecule is CC(=O)NCCc1c(C)[nH]c2c(C)cc3c(c12)CC(C)O3. The average molecular weight is 286 g/mol. The van der Waals surface area contributed by atoms with Gasteiger partial charge in [-0.05, 0) is 44.4 Å². The van der Waals surface area contributed by atoms with Gasteiger partial charge in [0.05, 0.1) is 0 Å². The highest BCUT2D eigenvalue weighted by atomic mass is 16.5. The quantitative estimate of drug-likeness (QED) is 0.911. The Morgan fingerprint density at radius 2 is 2.24 bits per heavy atom. The molecule has 2 heterocycles. The van der Waals surface area contributed by atoms with Gasteiger partial charge in [0.2, 0.25) is 5.91 Å². The fourth-order valence-electron chi connectivity index (χ4n) is 3.30. The Hall–Kier alpha value is -1.97. The van der Waals surface area contributed by atoms with Crippen LogP contribution in [0, 0.1) is 13.8 Å². The van der Waals surface area contributed by atoms with Crippen molar-refractivity contribution in [1.82, 2.24) is 10.3 Å². The molecule has 0 saturated heterocycles. The lowest BCUT2D eigenvalue weighted by Crippen LogP contribution is -2.22. The van der Waals surface area contributed by atoms with Gasteiger partial charge in [0.1, 0.15) is 11.9 Å². The largest absolute Gasteiger partial charge is 0.490 e. The van der Waals surface area contributed by atoms with Crippen LogP contribution in [0.3, 0.4) is 0 Å². The number of rotatable bonds is 3. The molecular weight excluding hydrogens is 264 g/mol. The number of aryl methyl sites for hydroxylation is 2. The van der Waals surface area contributed by atoms with Crippen molar-refractivity contribution in [2.45, 2.75) is 46.6 Å². The minimum Gasteiger partial charge on any atom is -0.490 e. The number of hydrogen-bond acceptors (Lipinski definition) is 2. The number of aromatic nitrogens is 1. The summed E-state index contributed by atoms with van der Waals surface area (Å²) in [4.78, 5) is 14.6. The monoisotopic (exact) mass is 286 g/mol. The Bertz CT molecular complexity index is 715. The van der Waals surface area contributed by atoms with Crippen molar-refractivity contribution >= 4 is 16.8 Å². The molecule has 112 valence electrons. The van der Waals surface area contributed by atoms with Gasteiger partial charge in [-0.3, -0.25) is 4.79 Å². The van der Waals surface area contributed by atoms with Gasteiger partial charge in [-0.1, -0.05) is 0 Å². The summed E-state index contributed by atoms with van der Waals surface area (Å²) in [6.07, 6.45) is 2.04. The van der Waals surface area contributed by atoms with Crippen LogP contribution in [0.2, 0.25) is 0 Å². The summed E-state index contributed by atoms with van der Waals surface area (Å²) >= 11 is 0. The summed E-state index contributed by atoms with van der Waals surface area (Å²) in [5.41, 5.74) is 6.22. The third-order valence-electron chi connectivity index (χ3n) is 4.23. The van der Waals surface area contributed by atoms with Crippen LogP contribution >= 0.6 is 0 Å². The van der Waals surface area contributed by atoms with E-state index >= 15 is 0 Å². The Balaban J connectivity index is 2.07. The summed E-state index contributed by atoms with van der Waals surface area (Å²) in [5, 5.41) is 4.19. The number of hydrogen-bond donors (Lipinski definition) is 2. The molecule has 2 N–H and O–H groups in total. The zero-order chi connectivity index (χ0) is 15.1. The van der Waals surface area contributed by atoms with E-state index in [9.17, 15) is 4.79 Å². The van der Waals surface area contributed by atoms with Crippen LogP contribution in [-0.2, 0) is 17.6 Å². The highest BCUT2D eigenvalue weighted by molar-refractivity contribution is 5.93. The van der Waals surface area contributed by atoms with E-state index in [0.717, 1.165) is 18.6 Å². The second-order valence-corrected chi connectivity index (χ2v) is 6.01. The van der Waals surface area contributed by atoms with Crippen LogP contribution < -0.4 is 10.1 Å². The van der Waals surface area contributed by atoms with Gasteiger partial charge in [0.15, 0.2) is 0 Å². The minimum absolute atomic E-state index is 0.0193. The maximum absolute atomic E-state index is 11.1. The van der Waals surface area contributed by atoms with Crippen LogP contribution in [0.4, 0.5) is 0 Å². The minimum atomic E-state index is 0.0193. The molecule has 1 aliphatic rings. The first-order valence-corrected chi connectivity index (χ1v) is 7.52. The van der Waals surface area contributed by atoms with Crippen molar-refractivity contribution in [3.63, 3.8) is 0 Å². The number of carbonyl (C=O) groups is 1. The second-order valence-electron chi connectivity index (χ2n) is 6.01. The standard InChI is InChI=1S/C17H22N2O2/c1-9-7-15-14(8-10(2)21-15)16-13(5-6-18-12(4)20)11(3)19-17(9)16/h7,10,19H,5-6,8H2,1-4H3,(H,18,20). The predicted molar refractivity (Wildman–Crippen MR) is 84.0 cm³/mol. The van der Waals surface area contributed by atoms with Gasteiger partial charge in [-0.25, -0.2) is 0 Å². The number of nitrogens with one attached hydrogen (secondary N) is 2. The molecule has 0 aliphatic carbocycles. The van der Waals surface area contributed by atoms with Gasteiger partial charge in [-0.15, -0.1) is 0 Å². The molecule has 1 aromatic heterocycles. The van der Waals surface area contributed by atoms with Crippen LogP contribution in [0.5, 0.6) is 5.75 Å². The first-order chi connectivity index (χ1) is 9.97. The third-order valence-corrected chi connectivity index (χ3v) is 4.23. The van der Waals surface area contributed by atoms with Crippen molar-refractivity contribution < 1.29 is 9.53 Å². The molecule has 0 fully saturated rings. The molecule has 1 aliphatic heterocycles. The molecule has 2 aromatic rings. The Morgan fingerprint density at radius 1 is 1.48 bits per heavy atom. The molecule has 0 radical (unpaired) electrons. The molecule has 0 bridgehead atoms. The van der Waals surface area contributed by atoms with E-state index < -0.39 is 0 Å². The lowest BCUT2D eigenvalue weighted by molar-refractivity contribution is -0.118. The van der Waals surface area contributed by atoms with Crippen LogP contribution in [0.25, 0.3) is 10.9 Å². The van der Waals surface area contributed by atoms with Crippen molar-refractivity contribution in [1.29, 1.82) is 0 Å². The van der Waals surface area contributed by atoms with Crippen molar-refractivity contribution in [2.24, 2.45) is 0 Å². The van der Waals surface area contributed by atoms with Crippen LogP contribution in [0.15, 0.2) is 6.07 Å². The number of fused-ring (bicyclic) bond motifs is 3. The molecular formula is C17H22N2O2. The van der Waals surface area contributed by atoms with Crippen LogP contribution in [0.1, 0.15) is 36.2 Å². The molecule has 1 aromatic carbocycles. The van der Waals surface area contributed by atoms with E-state index in [2.05, 4.69) is 37.1 Å². The molecule has 4 nitrogen and oxygen atoms in total. The van der Waals surface area contributed by atoms with Crippen LogP contribution in [-0.4, -0.2) is 23.5 Å². The highest BCUT2D eigenvalue weighted by Crippen LogP contribution is 2.39. The Labute approximate surface area is 124 Å². The Kier molecular flexibility index (Phi) is 3.40. The molecule has 0 saturated carbocycles. The molecule has 21 heavy (non-hydrogen) atoms. The molecule has 1 amide bonds. The maximum atomic E-state index is 11.1. The van der Waals surface area contributed by atoms with Gasteiger partial charge in [-0.2, -0.15) is 0 Å². The summed E-state index contributed by atoms with van der Waals surface area (Å²) < 4.78 is 5.92. The number of ether oxygens (including phenoxy) is 1. The number of aromatic amines is 1. The lowest BCUT2D eigenvalue weighted by atomic mass is 9.97. The normalized spacial score (nSPS) is 16.9. The van der Waals surface area contributed by atoms with Crippen molar-refractivity contribution in [2.75, 3.05) is 6.54 Å². The zero-order valence-corrected chi connectivity index (χ0v) is 13.1. The number of amides is 1. The van der Waals surface area contributed by atoms with Gasteiger partial charge in [0.25, 0.3) is 0 Å². The van der Waals surface area contributed by atoms with Crippen molar-refractivity contribution in [3.8, 4) is 5.75 Å². The topological polar surface area (TPSA) is 54.1 Å². The molecule has 1 atom stereocenters. The summed E-state index contributed by atoms with van der Waals surface area (Å²) in [7, 11) is 0. The molecule has 1 unspecified atom stereocenters. The average Bonchev–Trinajstić information content (AvgIpc) is 2.90.